The summed E-state index contributed by atoms with van der Waals surface area (Å²) in [6, 6.07) is 0. The van der Waals surface area contributed by atoms with Crippen molar-refractivity contribution in [1.29, 1.82) is 0 Å². The van der Waals surface area contributed by atoms with Crippen LogP contribution >= 0.6 is 0 Å². The maximum absolute atomic E-state index is 3.74. The molecule has 1 fully saturated rings. The minimum atomic E-state index is 0.354. The van der Waals surface area contributed by atoms with Crippen LogP contribution in [0.15, 0.2) is 12.2 Å². The predicted molar refractivity (Wildman–Crippen MR) is 77.3 cm³/mol. The monoisotopic (exact) mass is 237 g/mol. The first-order valence-corrected chi connectivity index (χ1v) is 7.55. The minimum absolute atomic E-state index is 0.354. The number of allylic oxidation sites excluding steroid dienone is 1. The van der Waals surface area contributed by atoms with Gasteiger partial charge in [-0.05, 0) is 45.1 Å². The summed E-state index contributed by atoms with van der Waals surface area (Å²) in [7, 11) is 2.18. The van der Waals surface area contributed by atoms with Gasteiger partial charge in [0.2, 0.25) is 0 Å². The molecule has 1 N–H and O–H groups in total. The van der Waals surface area contributed by atoms with Gasteiger partial charge >= 0.3 is 0 Å². The van der Waals surface area contributed by atoms with E-state index in [1.54, 1.807) is 0 Å². The van der Waals surface area contributed by atoms with Gasteiger partial charge < -0.3 is 5.32 Å². The molecule has 0 spiro atoms. The Labute approximate surface area is 108 Å². The average Bonchev–Trinajstić information content (AvgIpc) is 2.89. The molecule has 0 amide bonds. The van der Waals surface area contributed by atoms with E-state index in [4.69, 9.17) is 0 Å². The van der Waals surface area contributed by atoms with Crippen LogP contribution in [0.25, 0.3) is 0 Å². The highest BCUT2D eigenvalue weighted by Crippen LogP contribution is 2.42. The molecule has 1 heteroatoms. The molecule has 1 nitrogen and oxygen atoms in total. The van der Waals surface area contributed by atoms with E-state index in [1.165, 1.54) is 44.9 Å². The normalized spacial score (nSPS) is 21.5. The quantitative estimate of drug-likeness (QED) is 0.641. The van der Waals surface area contributed by atoms with E-state index >= 15 is 0 Å². The lowest BCUT2D eigenvalue weighted by Crippen LogP contribution is -2.54. The maximum atomic E-state index is 3.74. The fraction of sp³-hybridized carbons (Fsp3) is 0.875. The molecule has 1 saturated carbocycles. The number of hydrogen-bond donors (Lipinski definition) is 1. The zero-order valence-electron chi connectivity index (χ0n) is 12.3. The average molecular weight is 237 g/mol. The van der Waals surface area contributed by atoms with E-state index in [-0.39, 0.29) is 0 Å². The van der Waals surface area contributed by atoms with Crippen molar-refractivity contribution in [3.8, 4) is 0 Å². The predicted octanol–water partition coefficient (Wildman–Crippen LogP) is 4.54. The van der Waals surface area contributed by atoms with Gasteiger partial charge in [-0.25, -0.2) is 0 Å². The molecule has 1 aliphatic carbocycles. The number of hydrogen-bond acceptors (Lipinski definition) is 1. The largest absolute Gasteiger partial charge is 0.313 e. The van der Waals surface area contributed by atoms with Gasteiger partial charge in [0.1, 0.15) is 0 Å². The van der Waals surface area contributed by atoms with E-state index < -0.39 is 0 Å². The second-order valence-corrected chi connectivity index (χ2v) is 5.56. The molecule has 100 valence electrons. The molecule has 1 aliphatic rings. The summed E-state index contributed by atoms with van der Waals surface area (Å²) in [5, 5.41) is 3.74. The van der Waals surface area contributed by atoms with Crippen molar-refractivity contribution in [3.05, 3.63) is 12.2 Å². The Morgan fingerprint density at radius 3 is 2.24 bits per heavy atom. The minimum Gasteiger partial charge on any atom is -0.313 e. The van der Waals surface area contributed by atoms with Crippen LogP contribution in [0, 0.1) is 11.8 Å². The van der Waals surface area contributed by atoms with Crippen molar-refractivity contribution in [2.45, 2.75) is 71.3 Å². The van der Waals surface area contributed by atoms with Gasteiger partial charge in [0, 0.05) is 5.54 Å². The summed E-state index contributed by atoms with van der Waals surface area (Å²) < 4.78 is 0. The van der Waals surface area contributed by atoms with Crippen LogP contribution in [0.3, 0.4) is 0 Å². The van der Waals surface area contributed by atoms with Crippen LogP contribution in [0.5, 0.6) is 0 Å². The molecule has 1 rings (SSSR count). The molecule has 1 unspecified atom stereocenters. The van der Waals surface area contributed by atoms with Gasteiger partial charge in [0.15, 0.2) is 0 Å². The van der Waals surface area contributed by atoms with Gasteiger partial charge in [0.25, 0.3) is 0 Å². The maximum Gasteiger partial charge on any atom is 0.0269 e. The number of rotatable bonds is 7. The van der Waals surface area contributed by atoms with E-state index in [2.05, 4.69) is 45.3 Å². The van der Waals surface area contributed by atoms with Gasteiger partial charge in [-0.15, -0.1) is 0 Å². The van der Waals surface area contributed by atoms with Gasteiger partial charge in [-0.1, -0.05) is 51.7 Å². The molecular weight excluding hydrogens is 206 g/mol. The molecule has 17 heavy (non-hydrogen) atoms. The second-order valence-electron chi connectivity index (χ2n) is 5.56. The van der Waals surface area contributed by atoms with Crippen LogP contribution in [0.1, 0.15) is 65.7 Å². The summed E-state index contributed by atoms with van der Waals surface area (Å²) in [6.45, 7) is 6.84. The zero-order chi connectivity index (χ0) is 12.7. The molecule has 0 aromatic heterocycles. The standard InChI is InChI=1S/C16H31N/c1-5-8-13-16(17-4,14(6-2)7-3)15-11-9-10-12-15/h5,8,14-15,17H,6-7,9-13H2,1-4H3/b8-5-. The summed E-state index contributed by atoms with van der Waals surface area (Å²) >= 11 is 0. The van der Waals surface area contributed by atoms with E-state index in [9.17, 15) is 0 Å². The topological polar surface area (TPSA) is 12.0 Å². The van der Waals surface area contributed by atoms with Crippen LogP contribution < -0.4 is 5.32 Å². The van der Waals surface area contributed by atoms with Gasteiger partial charge in [-0.2, -0.15) is 0 Å². The lowest BCUT2D eigenvalue weighted by atomic mass is 9.68. The van der Waals surface area contributed by atoms with Crippen molar-refractivity contribution >= 4 is 0 Å². The molecule has 0 aliphatic heterocycles. The third-order valence-corrected chi connectivity index (χ3v) is 4.95. The molecule has 0 saturated heterocycles. The smallest absolute Gasteiger partial charge is 0.0269 e. The third kappa shape index (κ3) is 3.13. The first kappa shape index (κ1) is 14.8. The second kappa shape index (κ2) is 7.20. The Balaban J connectivity index is 2.92. The molecule has 0 aromatic carbocycles. The Bertz CT molecular complexity index is 220. The van der Waals surface area contributed by atoms with Crippen molar-refractivity contribution in [2.75, 3.05) is 7.05 Å². The van der Waals surface area contributed by atoms with Crippen molar-refractivity contribution in [1.82, 2.24) is 5.32 Å². The highest BCUT2D eigenvalue weighted by molar-refractivity contribution is 5.04. The van der Waals surface area contributed by atoms with Crippen LogP contribution in [-0.4, -0.2) is 12.6 Å². The van der Waals surface area contributed by atoms with Gasteiger partial charge in [0.05, 0.1) is 0 Å². The van der Waals surface area contributed by atoms with Crippen LogP contribution in [-0.2, 0) is 0 Å². The lowest BCUT2D eigenvalue weighted by molar-refractivity contribution is 0.127. The highest BCUT2D eigenvalue weighted by atomic mass is 15.0. The SMILES string of the molecule is C/C=C\CC(NC)(C(CC)CC)C1CCCC1. The van der Waals surface area contributed by atoms with E-state index in [1.807, 2.05) is 0 Å². The fourth-order valence-electron chi connectivity index (χ4n) is 3.95. The molecular formula is C16H31N. The lowest BCUT2D eigenvalue weighted by Gasteiger charge is -2.45. The third-order valence-electron chi connectivity index (χ3n) is 4.95. The van der Waals surface area contributed by atoms with Gasteiger partial charge in [-0.3, -0.25) is 0 Å². The Morgan fingerprint density at radius 2 is 1.82 bits per heavy atom. The molecule has 0 aromatic rings. The zero-order valence-corrected chi connectivity index (χ0v) is 12.3. The van der Waals surface area contributed by atoms with Crippen molar-refractivity contribution < 1.29 is 0 Å². The summed E-state index contributed by atoms with van der Waals surface area (Å²) in [4.78, 5) is 0. The first-order valence-electron chi connectivity index (χ1n) is 7.55. The summed E-state index contributed by atoms with van der Waals surface area (Å²) in [5.74, 6) is 1.69. The van der Waals surface area contributed by atoms with Crippen molar-refractivity contribution in [2.24, 2.45) is 11.8 Å². The first-order chi connectivity index (χ1) is 8.25. The number of nitrogens with one attached hydrogen (secondary N) is 1. The molecule has 0 heterocycles. The Morgan fingerprint density at radius 1 is 1.24 bits per heavy atom. The highest BCUT2D eigenvalue weighted by Gasteiger charge is 2.42. The fourth-order valence-corrected chi connectivity index (χ4v) is 3.95. The summed E-state index contributed by atoms with van der Waals surface area (Å²) in [5.41, 5.74) is 0.354. The van der Waals surface area contributed by atoms with E-state index in [0.29, 0.717) is 5.54 Å². The van der Waals surface area contributed by atoms with E-state index in [0.717, 1.165) is 11.8 Å². The van der Waals surface area contributed by atoms with Crippen molar-refractivity contribution in [3.63, 3.8) is 0 Å². The Hall–Kier alpha value is -0.300. The summed E-state index contributed by atoms with van der Waals surface area (Å²) in [6.07, 6.45) is 14.1. The van der Waals surface area contributed by atoms with Crippen LogP contribution in [0.4, 0.5) is 0 Å². The molecule has 0 radical (unpaired) electrons. The van der Waals surface area contributed by atoms with Crippen LogP contribution in [0.2, 0.25) is 0 Å². The molecule has 0 bridgehead atoms. The Kier molecular flexibility index (Phi) is 6.26. The molecule has 1 atom stereocenters.